The Morgan fingerprint density at radius 3 is 2.43 bits per heavy atom. The van der Waals surface area contributed by atoms with Gasteiger partial charge in [0.05, 0.1) is 13.0 Å². The molecule has 12 heteroatoms. The van der Waals surface area contributed by atoms with Crippen LogP contribution in [0.5, 0.6) is 11.5 Å². The molecule has 3 heterocycles. The Morgan fingerprint density at radius 2 is 1.76 bits per heavy atom. The van der Waals surface area contributed by atoms with Gasteiger partial charge in [-0.05, 0) is 43.0 Å². The average molecular weight is 588 g/mol. The molecule has 1 spiro atoms. The van der Waals surface area contributed by atoms with Crippen LogP contribution in [0.4, 0.5) is 13.2 Å². The Labute approximate surface area is 240 Å². The van der Waals surface area contributed by atoms with Crippen molar-refractivity contribution in [2.75, 3.05) is 26.2 Å². The van der Waals surface area contributed by atoms with Crippen LogP contribution < -0.4 is 9.47 Å². The third-order valence-electron chi connectivity index (χ3n) is 7.75. The molecule has 0 bridgehead atoms. The monoisotopic (exact) mass is 587 g/mol. The number of rotatable bonds is 7. The van der Waals surface area contributed by atoms with Gasteiger partial charge in [0.25, 0.3) is 5.89 Å². The number of halogens is 3. The van der Waals surface area contributed by atoms with Crippen LogP contribution in [0.3, 0.4) is 0 Å². The number of carbonyl (C=O) groups excluding carboxylic acids is 2. The lowest BCUT2D eigenvalue weighted by atomic mass is 9.74. The minimum absolute atomic E-state index is 0.0526. The first kappa shape index (κ1) is 29.6. The molecule has 0 N–H and O–H groups in total. The van der Waals surface area contributed by atoms with Gasteiger partial charge in [-0.3, -0.25) is 4.79 Å². The summed E-state index contributed by atoms with van der Waals surface area (Å²) in [6.45, 7) is 8.53. The second-order valence-electron chi connectivity index (χ2n) is 11.7. The van der Waals surface area contributed by atoms with E-state index >= 15 is 0 Å². The van der Waals surface area contributed by atoms with Crippen molar-refractivity contribution >= 4 is 11.9 Å². The van der Waals surface area contributed by atoms with Gasteiger partial charge in [0.15, 0.2) is 6.61 Å². The summed E-state index contributed by atoms with van der Waals surface area (Å²) in [5.41, 5.74) is 3.01. The fourth-order valence-electron chi connectivity index (χ4n) is 5.22. The number of esters is 2. The molecular weight excluding hydrogens is 555 g/mol. The van der Waals surface area contributed by atoms with E-state index < -0.39 is 18.1 Å². The first-order chi connectivity index (χ1) is 19.8. The van der Waals surface area contributed by atoms with Crippen LogP contribution in [0.1, 0.15) is 57.1 Å². The highest BCUT2D eigenvalue weighted by molar-refractivity contribution is 5.88. The normalized spacial score (nSPS) is 16.6. The number of hydrogen-bond donors (Lipinski definition) is 0. The van der Waals surface area contributed by atoms with Gasteiger partial charge in [-0.15, -0.1) is 0 Å². The van der Waals surface area contributed by atoms with E-state index in [-0.39, 0.29) is 30.4 Å². The molecule has 3 aromatic rings. The van der Waals surface area contributed by atoms with E-state index in [1.165, 1.54) is 5.56 Å². The number of hydrogen-bond acceptors (Lipinski definition) is 9. The number of ether oxygens (including phenoxy) is 3. The van der Waals surface area contributed by atoms with Crippen molar-refractivity contribution in [3.63, 3.8) is 0 Å². The number of alkyl halides is 3. The van der Waals surface area contributed by atoms with Crippen molar-refractivity contribution in [1.82, 2.24) is 15.0 Å². The van der Waals surface area contributed by atoms with Crippen molar-refractivity contribution in [2.24, 2.45) is 0 Å². The van der Waals surface area contributed by atoms with Crippen LogP contribution in [0.25, 0.3) is 11.4 Å². The topological polar surface area (TPSA) is 104 Å². The van der Waals surface area contributed by atoms with Gasteiger partial charge in [0.2, 0.25) is 5.82 Å². The minimum atomic E-state index is -5.19. The van der Waals surface area contributed by atoms with Gasteiger partial charge in [-0.2, -0.15) is 18.2 Å². The molecule has 224 valence electrons. The second-order valence-corrected chi connectivity index (χ2v) is 11.7. The first-order valence-corrected chi connectivity index (χ1v) is 13.7. The van der Waals surface area contributed by atoms with Crippen LogP contribution in [-0.2, 0) is 31.8 Å². The molecule has 1 aromatic heterocycles. The highest BCUT2D eigenvalue weighted by Gasteiger charge is 2.44. The molecule has 0 aliphatic carbocycles. The fourth-order valence-corrected chi connectivity index (χ4v) is 5.22. The Kier molecular flexibility index (Phi) is 8.02. The van der Waals surface area contributed by atoms with Crippen molar-refractivity contribution in [3.8, 4) is 22.9 Å². The van der Waals surface area contributed by atoms with E-state index in [9.17, 15) is 22.8 Å². The quantitative estimate of drug-likeness (QED) is 0.267. The molecule has 0 atom stereocenters. The number of aromatic nitrogens is 2. The largest absolute Gasteiger partial charge is 0.492 e. The second kappa shape index (κ2) is 11.4. The van der Waals surface area contributed by atoms with Gasteiger partial charge in [-0.1, -0.05) is 56.3 Å². The van der Waals surface area contributed by atoms with Crippen molar-refractivity contribution in [3.05, 3.63) is 59.5 Å². The molecule has 0 saturated carbocycles. The van der Waals surface area contributed by atoms with E-state index in [4.69, 9.17) is 14.0 Å². The Balaban J connectivity index is 1.12. The average Bonchev–Trinajstić information content (AvgIpc) is 3.56. The Morgan fingerprint density at radius 1 is 1.05 bits per heavy atom. The zero-order valence-corrected chi connectivity index (χ0v) is 23.6. The third-order valence-corrected chi connectivity index (χ3v) is 7.75. The molecule has 0 amide bonds. The van der Waals surface area contributed by atoms with Gasteiger partial charge in [0, 0.05) is 29.2 Å². The van der Waals surface area contributed by atoms with E-state index in [0.29, 0.717) is 37.2 Å². The van der Waals surface area contributed by atoms with Crippen LogP contribution >= 0.6 is 0 Å². The van der Waals surface area contributed by atoms with Crippen molar-refractivity contribution < 1.29 is 41.5 Å². The maximum absolute atomic E-state index is 12.3. The van der Waals surface area contributed by atoms with E-state index in [1.54, 1.807) is 0 Å². The number of benzene rings is 2. The van der Waals surface area contributed by atoms with Crippen LogP contribution in [-0.4, -0.2) is 59.4 Å². The standard InChI is InChI=1S/C30H32F3N3O6/c1-28(2,3)20-6-4-19(5-7-20)26-34-24(42-35-26)17-39-21-8-9-22-23(16-21)40-18-29(22)11-14-36(15-12-29)13-10-25(37)41-27(38)30(31,32)33/h4-9,16H,10-15,17-18H2,1-3H3. The Hall–Kier alpha value is -3.93. The molecule has 1 saturated heterocycles. The van der Waals surface area contributed by atoms with Gasteiger partial charge < -0.3 is 23.6 Å². The molecule has 2 aliphatic heterocycles. The summed E-state index contributed by atoms with van der Waals surface area (Å²) in [5, 5.41) is 4.08. The summed E-state index contributed by atoms with van der Waals surface area (Å²) < 4.78 is 58.0. The maximum atomic E-state index is 12.3. The number of fused-ring (bicyclic) bond motifs is 2. The zero-order valence-electron chi connectivity index (χ0n) is 23.6. The summed E-state index contributed by atoms with van der Waals surface area (Å²) in [5.74, 6) is -1.50. The molecule has 1 fully saturated rings. The lowest BCUT2D eigenvalue weighted by molar-refractivity contribution is -0.201. The molecule has 9 nitrogen and oxygen atoms in total. The van der Waals surface area contributed by atoms with E-state index in [1.807, 2.05) is 35.2 Å². The van der Waals surface area contributed by atoms with Crippen molar-refractivity contribution in [2.45, 2.75) is 63.6 Å². The van der Waals surface area contributed by atoms with Crippen LogP contribution in [0.2, 0.25) is 0 Å². The number of piperidine rings is 1. The van der Waals surface area contributed by atoms with E-state index in [2.05, 4.69) is 47.8 Å². The third kappa shape index (κ3) is 6.59. The Bertz CT molecular complexity index is 1440. The zero-order chi connectivity index (χ0) is 30.1. The molecule has 2 aromatic carbocycles. The number of carbonyl (C=O) groups is 2. The molecule has 2 aliphatic rings. The predicted octanol–water partition coefficient (Wildman–Crippen LogP) is 5.36. The fraction of sp³-hybridized carbons (Fsp3) is 0.467. The maximum Gasteiger partial charge on any atom is 0.491 e. The van der Waals surface area contributed by atoms with Gasteiger partial charge in [-0.25, -0.2) is 4.79 Å². The predicted molar refractivity (Wildman–Crippen MR) is 144 cm³/mol. The number of likely N-dealkylation sites (tertiary alicyclic amines) is 1. The first-order valence-electron chi connectivity index (χ1n) is 13.7. The summed E-state index contributed by atoms with van der Waals surface area (Å²) in [6, 6.07) is 13.8. The number of nitrogens with zero attached hydrogens (tertiary/aromatic N) is 3. The highest BCUT2D eigenvalue weighted by atomic mass is 19.4. The van der Waals surface area contributed by atoms with Crippen LogP contribution in [0.15, 0.2) is 47.0 Å². The molecule has 5 rings (SSSR count). The summed E-state index contributed by atoms with van der Waals surface area (Å²) in [6.07, 6.45) is -3.99. The molecular formula is C30H32F3N3O6. The summed E-state index contributed by atoms with van der Waals surface area (Å²) in [7, 11) is 0. The lowest BCUT2D eigenvalue weighted by Crippen LogP contribution is -2.44. The SMILES string of the molecule is CC(C)(C)c1ccc(-c2noc(COc3ccc4c(c3)OCC43CCN(CCC(=O)OC(=O)C(F)(F)F)CC3)n2)cc1. The highest BCUT2D eigenvalue weighted by Crippen LogP contribution is 2.46. The summed E-state index contributed by atoms with van der Waals surface area (Å²) >= 11 is 0. The van der Waals surface area contributed by atoms with Crippen LogP contribution in [0, 0.1) is 0 Å². The molecule has 0 radical (unpaired) electrons. The molecule has 42 heavy (non-hydrogen) atoms. The lowest BCUT2D eigenvalue weighted by Gasteiger charge is -2.38. The molecule has 0 unspecified atom stereocenters. The summed E-state index contributed by atoms with van der Waals surface area (Å²) in [4.78, 5) is 28.9. The minimum Gasteiger partial charge on any atom is -0.492 e. The van der Waals surface area contributed by atoms with Gasteiger partial charge >= 0.3 is 18.1 Å². The van der Waals surface area contributed by atoms with Crippen molar-refractivity contribution in [1.29, 1.82) is 0 Å². The van der Waals surface area contributed by atoms with E-state index in [0.717, 1.165) is 29.7 Å². The van der Waals surface area contributed by atoms with Gasteiger partial charge in [0.1, 0.15) is 11.5 Å². The smallest absolute Gasteiger partial charge is 0.491 e.